The molecule has 1 fully saturated rings. The molecule has 2 aromatic carbocycles. The van der Waals surface area contributed by atoms with Crippen LogP contribution in [-0.2, 0) is 11.8 Å². The Morgan fingerprint density at radius 2 is 1.88 bits per heavy atom. The van der Waals surface area contributed by atoms with Gasteiger partial charge in [0.25, 0.3) is 5.91 Å². The van der Waals surface area contributed by atoms with Gasteiger partial charge in [0.05, 0.1) is 17.5 Å². The zero-order valence-electron chi connectivity index (χ0n) is 17.8. The Morgan fingerprint density at radius 3 is 2.59 bits per heavy atom. The van der Waals surface area contributed by atoms with E-state index in [9.17, 15) is 4.79 Å². The van der Waals surface area contributed by atoms with Crippen LogP contribution < -0.4 is 0 Å². The molecule has 1 aliphatic carbocycles. The molecule has 0 spiro atoms. The van der Waals surface area contributed by atoms with E-state index in [-0.39, 0.29) is 23.6 Å². The van der Waals surface area contributed by atoms with E-state index in [0.29, 0.717) is 5.16 Å². The Hall–Kier alpha value is -3.26. The van der Waals surface area contributed by atoms with Crippen molar-refractivity contribution >= 4 is 29.5 Å². The van der Waals surface area contributed by atoms with Gasteiger partial charge in [0, 0.05) is 13.0 Å². The predicted octanol–water partition coefficient (Wildman–Crippen LogP) is 4.13. The summed E-state index contributed by atoms with van der Waals surface area (Å²) in [6.45, 7) is 0. The molecule has 7 nitrogen and oxygen atoms in total. The van der Waals surface area contributed by atoms with E-state index >= 15 is 0 Å². The number of carbonyl (C=O) groups excluding carboxylic acids is 1. The van der Waals surface area contributed by atoms with E-state index in [1.807, 2.05) is 36.4 Å². The highest BCUT2D eigenvalue weighted by Crippen LogP contribution is 2.44. The fourth-order valence-electron chi connectivity index (χ4n) is 4.48. The molecule has 0 saturated heterocycles. The average molecular weight is 445 g/mol. The lowest BCUT2D eigenvalue weighted by Crippen LogP contribution is -2.32. The number of carbonyl (C=O) groups is 1. The van der Waals surface area contributed by atoms with Crippen LogP contribution >= 0.6 is 11.8 Å². The number of benzene rings is 2. The van der Waals surface area contributed by atoms with Gasteiger partial charge >= 0.3 is 0 Å². The van der Waals surface area contributed by atoms with E-state index in [4.69, 9.17) is 5.10 Å². The second-order valence-electron chi connectivity index (χ2n) is 8.03. The Labute approximate surface area is 191 Å². The molecule has 2 unspecified atom stereocenters. The summed E-state index contributed by atoms with van der Waals surface area (Å²) in [7, 11) is 1.77. The maximum atomic E-state index is 13.3. The summed E-state index contributed by atoms with van der Waals surface area (Å²) in [6.07, 6.45) is 5.32. The maximum Gasteiger partial charge on any atom is 0.253 e. The summed E-state index contributed by atoms with van der Waals surface area (Å²) in [5, 5.41) is 18.7. The summed E-state index contributed by atoms with van der Waals surface area (Å²) in [6, 6.07) is 20.5. The molecule has 32 heavy (non-hydrogen) atoms. The fraction of sp³-hybridized carbons (Fsp3) is 0.292. The molecule has 0 radical (unpaired) electrons. The topological polar surface area (TPSA) is 76.3 Å². The number of hydrogen-bond donors (Lipinski definition) is 0. The van der Waals surface area contributed by atoms with Crippen LogP contribution in [0.1, 0.15) is 36.4 Å². The normalized spacial score (nSPS) is 21.5. The Morgan fingerprint density at radius 1 is 1.12 bits per heavy atom. The number of fused-ring (bicyclic) bond motifs is 1. The van der Waals surface area contributed by atoms with E-state index < -0.39 is 0 Å². The first-order valence-electron chi connectivity index (χ1n) is 10.8. The Balaban J connectivity index is 1.47. The van der Waals surface area contributed by atoms with Gasteiger partial charge in [-0.2, -0.15) is 5.10 Å². The van der Waals surface area contributed by atoms with Crippen molar-refractivity contribution in [1.29, 1.82) is 0 Å². The predicted molar refractivity (Wildman–Crippen MR) is 125 cm³/mol. The number of hydrogen-bond acceptors (Lipinski definition) is 6. The van der Waals surface area contributed by atoms with Crippen molar-refractivity contribution < 1.29 is 4.79 Å². The SMILES string of the molecule is Cn1nnnc1SCC(=O)N1N=C2C(=Cc3ccccc3)CCCC2C1c1ccccc1. The van der Waals surface area contributed by atoms with Gasteiger partial charge < -0.3 is 0 Å². The fourth-order valence-corrected chi connectivity index (χ4v) is 5.18. The third kappa shape index (κ3) is 4.10. The van der Waals surface area contributed by atoms with E-state index in [1.165, 1.54) is 17.3 Å². The second kappa shape index (κ2) is 9.08. The first kappa shape index (κ1) is 20.6. The third-order valence-electron chi connectivity index (χ3n) is 5.94. The lowest BCUT2D eigenvalue weighted by molar-refractivity contribution is -0.130. The number of aryl methyl sites for hydroxylation is 1. The molecule has 5 rings (SSSR count). The van der Waals surface area contributed by atoms with Gasteiger partial charge in [-0.25, -0.2) is 9.69 Å². The molecule has 2 aliphatic rings. The molecular formula is C24H24N6OS. The largest absolute Gasteiger partial charge is 0.272 e. The Bertz CT molecular complexity index is 1160. The molecule has 3 aromatic rings. The van der Waals surface area contributed by atoms with Crippen molar-refractivity contribution in [2.45, 2.75) is 30.5 Å². The lowest BCUT2D eigenvalue weighted by atomic mass is 9.77. The molecule has 1 aliphatic heterocycles. The molecule has 2 heterocycles. The van der Waals surface area contributed by atoms with Crippen molar-refractivity contribution in [2.75, 3.05) is 5.75 Å². The standard InChI is InChI=1S/C24H24N6OS/c1-29-24(25-27-28-29)32-16-21(31)30-23(18-11-6-3-7-12-18)20-14-8-13-19(22(20)26-30)15-17-9-4-2-5-10-17/h2-7,9-12,15,20,23H,8,13-14,16H2,1H3. The molecule has 1 saturated carbocycles. The van der Waals surface area contributed by atoms with Crippen LogP contribution in [0.5, 0.6) is 0 Å². The van der Waals surface area contributed by atoms with E-state index in [1.54, 1.807) is 16.7 Å². The van der Waals surface area contributed by atoms with Gasteiger partial charge in [-0.1, -0.05) is 72.4 Å². The number of allylic oxidation sites excluding steroid dienone is 1. The minimum absolute atomic E-state index is 0.0344. The monoisotopic (exact) mass is 444 g/mol. The van der Waals surface area contributed by atoms with Gasteiger partial charge in [0.1, 0.15) is 0 Å². The number of nitrogens with zero attached hydrogens (tertiary/aromatic N) is 6. The number of aromatic nitrogens is 4. The molecule has 162 valence electrons. The zero-order valence-corrected chi connectivity index (χ0v) is 18.7. The van der Waals surface area contributed by atoms with Gasteiger partial charge in [-0.05, 0) is 52.5 Å². The number of amides is 1. The Kier molecular flexibility index (Phi) is 5.85. The maximum absolute atomic E-state index is 13.3. The zero-order chi connectivity index (χ0) is 21.9. The van der Waals surface area contributed by atoms with Gasteiger partial charge in [0.15, 0.2) is 0 Å². The summed E-state index contributed by atoms with van der Waals surface area (Å²) < 4.78 is 1.57. The molecule has 0 bridgehead atoms. The lowest BCUT2D eigenvalue weighted by Gasteiger charge is -2.29. The third-order valence-corrected chi connectivity index (χ3v) is 6.94. The van der Waals surface area contributed by atoms with E-state index in [0.717, 1.165) is 36.1 Å². The number of rotatable bonds is 5. The average Bonchev–Trinajstić information content (AvgIpc) is 3.43. The van der Waals surface area contributed by atoms with Crippen LogP contribution in [0.25, 0.3) is 6.08 Å². The van der Waals surface area contributed by atoms with Crippen LogP contribution in [0.3, 0.4) is 0 Å². The minimum atomic E-state index is -0.0867. The highest BCUT2D eigenvalue weighted by molar-refractivity contribution is 7.99. The van der Waals surface area contributed by atoms with Crippen molar-refractivity contribution in [3.8, 4) is 0 Å². The summed E-state index contributed by atoms with van der Waals surface area (Å²) in [5.41, 5.74) is 4.56. The molecule has 2 atom stereocenters. The van der Waals surface area contributed by atoms with E-state index in [2.05, 4.69) is 45.9 Å². The molecule has 0 N–H and O–H groups in total. The van der Waals surface area contributed by atoms with Crippen molar-refractivity contribution in [1.82, 2.24) is 25.2 Å². The van der Waals surface area contributed by atoms with Crippen molar-refractivity contribution in [3.05, 3.63) is 77.4 Å². The van der Waals surface area contributed by atoms with Crippen LogP contribution in [-0.4, -0.2) is 42.6 Å². The van der Waals surface area contributed by atoms with Crippen molar-refractivity contribution in [2.24, 2.45) is 18.1 Å². The number of thioether (sulfide) groups is 1. The van der Waals surface area contributed by atoms with Crippen LogP contribution in [0.15, 0.2) is 76.5 Å². The summed E-state index contributed by atoms with van der Waals surface area (Å²) >= 11 is 1.33. The number of tetrazole rings is 1. The summed E-state index contributed by atoms with van der Waals surface area (Å²) in [4.78, 5) is 13.3. The number of hydrazone groups is 1. The van der Waals surface area contributed by atoms with Crippen molar-refractivity contribution in [3.63, 3.8) is 0 Å². The minimum Gasteiger partial charge on any atom is -0.272 e. The van der Waals surface area contributed by atoms with Gasteiger partial charge in [-0.3, -0.25) is 4.79 Å². The molecule has 8 heteroatoms. The molecule has 1 aromatic heterocycles. The molecular weight excluding hydrogens is 420 g/mol. The van der Waals surface area contributed by atoms with Crippen LogP contribution in [0.2, 0.25) is 0 Å². The first-order chi connectivity index (χ1) is 15.7. The highest BCUT2D eigenvalue weighted by Gasteiger charge is 2.43. The van der Waals surface area contributed by atoms with Gasteiger partial charge in [-0.15, -0.1) is 5.10 Å². The van der Waals surface area contributed by atoms with Gasteiger partial charge in [0.2, 0.25) is 5.16 Å². The smallest absolute Gasteiger partial charge is 0.253 e. The summed E-state index contributed by atoms with van der Waals surface area (Å²) in [5.74, 6) is 0.401. The van der Waals surface area contributed by atoms with Crippen LogP contribution in [0, 0.1) is 5.92 Å². The second-order valence-corrected chi connectivity index (χ2v) is 8.97. The first-order valence-corrected chi connectivity index (χ1v) is 11.8. The molecule has 1 amide bonds. The highest BCUT2D eigenvalue weighted by atomic mass is 32.2. The van der Waals surface area contributed by atoms with Crippen LogP contribution in [0.4, 0.5) is 0 Å². The quantitative estimate of drug-likeness (QED) is 0.553.